The first-order valence-electron chi connectivity index (χ1n) is 18.0. The molecule has 4 fully saturated rings. The van der Waals surface area contributed by atoms with Crippen molar-refractivity contribution in [2.24, 2.45) is 29.1 Å². The average Bonchev–Trinajstić information content (AvgIpc) is 3.68. The van der Waals surface area contributed by atoms with Crippen LogP contribution in [0.15, 0.2) is 47.6 Å². The third kappa shape index (κ3) is 7.86. The maximum absolute atomic E-state index is 10.5. The Morgan fingerprint density at radius 1 is 0.909 bits per heavy atom. The highest BCUT2D eigenvalue weighted by Crippen LogP contribution is 2.59. The molecule has 0 aromatic heterocycles. The molecule has 0 aromatic rings. The third-order valence-electron chi connectivity index (χ3n) is 13.1. The van der Waals surface area contributed by atoms with Gasteiger partial charge < -0.3 is 14.0 Å². The van der Waals surface area contributed by atoms with E-state index in [0.29, 0.717) is 29.1 Å². The first-order chi connectivity index (χ1) is 20.2. The highest BCUT2D eigenvalue weighted by Gasteiger charge is 2.50. The summed E-state index contributed by atoms with van der Waals surface area (Å²) in [6.45, 7) is 33.2. The molecule has 4 rings (SSSR count). The second-order valence-electron chi connectivity index (χ2n) is 18.4. The number of aliphatic hydroxyl groups excluding tert-OH is 1. The van der Waals surface area contributed by atoms with Crippen LogP contribution in [0.1, 0.15) is 113 Å². The van der Waals surface area contributed by atoms with Crippen LogP contribution < -0.4 is 0 Å². The molecule has 0 spiro atoms. The molecule has 4 aliphatic rings. The van der Waals surface area contributed by atoms with Crippen molar-refractivity contribution in [1.82, 2.24) is 0 Å². The van der Waals surface area contributed by atoms with Gasteiger partial charge in [0.05, 0.1) is 18.3 Å². The van der Waals surface area contributed by atoms with E-state index in [4.69, 9.17) is 8.85 Å². The first-order valence-corrected chi connectivity index (χ1v) is 23.8. The lowest BCUT2D eigenvalue weighted by Gasteiger charge is -2.45. The van der Waals surface area contributed by atoms with Crippen LogP contribution in [-0.4, -0.2) is 40.1 Å². The summed E-state index contributed by atoms with van der Waals surface area (Å²) in [5.74, 6) is 2.35. The van der Waals surface area contributed by atoms with Gasteiger partial charge >= 0.3 is 0 Å². The molecule has 7 atom stereocenters. The van der Waals surface area contributed by atoms with E-state index in [2.05, 4.69) is 112 Å². The molecule has 4 aliphatic carbocycles. The third-order valence-corrected chi connectivity index (χ3v) is 22.1. The van der Waals surface area contributed by atoms with E-state index in [9.17, 15) is 5.11 Å². The normalized spacial score (nSPS) is 34.2. The summed E-state index contributed by atoms with van der Waals surface area (Å²) in [5.41, 5.74) is 4.49. The monoisotopic (exact) mass is 640 g/mol. The Morgan fingerprint density at radius 2 is 1.52 bits per heavy atom. The van der Waals surface area contributed by atoms with Crippen LogP contribution in [-0.2, 0) is 8.85 Å². The molecule has 0 amide bonds. The molecule has 3 nitrogen and oxygen atoms in total. The maximum atomic E-state index is 10.5. The highest BCUT2D eigenvalue weighted by atomic mass is 28.4. The van der Waals surface area contributed by atoms with Gasteiger partial charge in [-0.05, 0) is 128 Å². The Hall–Kier alpha value is -0.726. The van der Waals surface area contributed by atoms with Crippen molar-refractivity contribution >= 4 is 16.6 Å². The number of aliphatic hydroxyl groups is 1. The van der Waals surface area contributed by atoms with Crippen LogP contribution in [0, 0.1) is 29.1 Å². The molecular weight excluding hydrogens is 573 g/mol. The maximum Gasteiger partial charge on any atom is 0.192 e. The summed E-state index contributed by atoms with van der Waals surface area (Å²) in [6.07, 6.45) is 19.9. The van der Waals surface area contributed by atoms with Gasteiger partial charge in [0.25, 0.3) is 0 Å². The van der Waals surface area contributed by atoms with E-state index < -0.39 is 16.6 Å². The van der Waals surface area contributed by atoms with Crippen molar-refractivity contribution in [2.75, 3.05) is 0 Å². The Bertz CT molecular complexity index is 1130. The average molecular weight is 641 g/mol. The van der Waals surface area contributed by atoms with Crippen LogP contribution >= 0.6 is 0 Å². The lowest BCUT2D eigenvalue weighted by Crippen LogP contribution is -2.49. The van der Waals surface area contributed by atoms with Gasteiger partial charge in [-0.1, -0.05) is 91.8 Å². The number of allylic oxidation sites excluding steroid dienone is 4. The van der Waals surface area contributed by atoms with Crippen LogP contribution in [0.2, 0.25) is 36.3 Å². The quantitative estimate of drug-likeness (QED) is 0.201. The van der Waals surface area contributed by atoms with Gasteiger partial charge in [0, 0.05) is 6.42 Å². The van der Waals surface area contributed by atoms with Crippen LogP contribution in [0.25, 0.3) is 0 Å². The number of hydrogen-bond donors (Lipinski definition) is 1. The zero-order valence-corrected chi connectivity index (χ0v) is 32.7. The molecule has 4 saturated carbocycles. The van der Waals surface area contributed by atoms with Gasteiger partial charge in [0.15, 0.2) is 16.6 Å². The van der Waals surface area contributed by atoms with Gasteiger partial charge in [-0.15, -0.1) is 0 Å². The molecule has 5 heteroatoms. The zero-order valence-electron chi connectivity index (χ0n) is 30.7. The van der Waals surface area contributed by atoms with Gasteiger partial charge in [-0.3, -0.25) is 0 Å². The topological polar surface area (TPSA) is 38.7 Å². The van der Waals surface area contributed by atoms with Crippen molar-refractivity contribution in [3.63, 3.8) is 0 Å². The second-order valence-corrected chi connectivity index (χ2v) is 27.9. The molecule has 0 bridgehead atoms. The Balaban J connectivity index is 1.57. The molecular formula is C39H68O3Si2. The summed E-state index contributed by atoms with van der Waals surface area (Å²) in [7, 11) is -3.90. The predicted molar refractivity (Wildman–Crippen MR) is 194 cm³/mol. The van der Waals surface area contributed by atoms with E-state index in [1.165, 1.54) is 56.1 Å². The van der Waals surface area contributed by atoms with Gasteiger partial charge in [-0.25, -0.2) is 0 Å². The van der Waals surface area contributed by atoms with Gasteiger partial charge in [-0.2, -0.15) is 0 Å². The van der Waals surface area contributed by atoms with Crippen LogP contribution in [0.5, 0.6) is 0 Å². The summed E-state index contributed by atoms with van der Waals surface area (Å²) in [6, 6.07) is 0. The molecule has 0 radical (unpaired) electrons. The molecule has 0 heterocycles. The van der Waals surface area contributed by atoms with Gasteiger partial charge in [0.2, 0.25) is 0 Å². The van der Waals surface area contributed by atoms with Crippen molar-refractivity contribution < 1.29 is 14.0 Å². The Labute approximate surface area is 274 Å². The lowest BCUT2D eigenvalue weighted by atomic mass is 9.61. The van der Waals surface area contributed by atoms with Crippen LogP contribution in [0.3, 0.4) is 0 Å². The largest absolute Gasteiger partial charge is 0.413 e. The van der Waals surface area contributed by atoms with E-state index in [1.807, 2.05) is 0 Å². The zero-order chi connectivity index (χ0) is 32.9. The number of fused-ring (bicyclic) bond motifs is 1. The fraction of sp³-hybridized carbons (Fsp3) is 0.795. The fourth-order valence-electron chi connectivity index (χ4n) is 7.93. The minimum Gasteiger partial charge on any atom is -0.413 e. The van der Waals surface area contributed by atoms with Crippen molar-refractivity contribution in [3.05, 3.63) is 47.6 Å². The van der Waals surface area contributed by atoms with E-state index in [1.54, 1.807) is 5.57 Å². The highest BCUT2D eigenvalue weighted by molar-refractivity contribution is 6.74. The number of hydrogen-bond acceptors (Lipinski definition) is 3. The van der Waals surface area contributed by atoms with E-state index >= 15 is 0 Å². The van der Waals surface area contributed by atoms with E-state index in [0.717, 1.165) is 12.8 Å². The number of rotatable bonds is 9. The lowest BCUT2D eigenvalue weighted by molar-refractivity contribution is 0.0969. The predicted octanol–water partition coefficient (Wildman–Crippen LogP) is 11.1. The fourth-order valence-corrected chi connectivity index (χ4v) is 10.6. The molecule has 0 saturated heterocycles. The van der Waals surface area contributed by atoms with Crippen molar-refractivity contribution in [1.29, 1.82) is 0 Å². The smallest absolute Gasteiger partial charge is 0.192 e. The standard InChI is InChI=1S/C39H68O3Si2/c1-27(16-23-35(40)30-18-19-30)33-21-22-34-29(15-14-24-39(33,34)9)17-20-31-25-32(41-43(10,11)37(3,4)5)26-36(28(31)2)42-44(12,13)38(6,7)8/h16-17,20,23,27,30,32-36,40H,2,14-15,18-19,21-22,24-26H2,1,3-13H3/b23-16+,29-17-,31-20-/t27-,32-,33-,34+,35+,36+,39-/m1/s1. The summed E-state index contributed by atoms with van der Waals surface area (Å²) in [5, 5.41) is 10.8. The van der Waals surface area contributed by atoms with Crippen molar-refractivity contribution in [2.45, 2.75) is 168 Å². The molecule has 0 aliphatic heterocycles. The molecule has 0 aromatic carbocycles. The van der Waals surface area contributed by atoms with Crippen LogP contribution in [0.4, 0.5) is 0 Å². The Morgan fingerprint density at radius 3 is 2.11 bits per heavy atom. The van der Waals surface area contributed by atoms with Crippen molar-refractivity contribution in [3.8, 4) is 0 Å². The molecule has 44 heavy (non-hydrogen) atoms. The minimum absolute atomic E-state index is 0.0233. The SMILES string of the molecule is C=C1/C(=C\C=C2\CCC[C@]3(C)[C@@H]([C@H](C)/C=C/[C@H](O)C4CC4)CC[C@@H]23)C[C@@H](O[Si](C)(C)C(C)(C)C)C[C@@H]1O[Si](C)(C)C(C)(C)C. The molecule has 0 unspecified atom stereocenters. The summed E-state index contributed by atoms with van der Waals surface area (Å²) < 4.78 is 14.2. The summed E-state index contributed by atoms with van der Waals surface area (Å²) in [4.78, 5) is 0. The van der Waals surface area contributed by atoms with E-state index in [-0.39, 0.29) is 28.4 Å². The minimum atomic E-state index is -1.98. The van der Waals surface area contributed by atoms with Gasteiger partial charge in [0.1, 0.15) is 0 Å². The first kappa shape index (κ1) is 36.1. The Kier molecular flexibility index (Phi) is 10.7. The molecule has 250 valence electrons. The molecule has 1 N–H and O–H groups in total. The summed E-state index contributed by atoms with van der Waals surface area (Å²) >= 11 is 0. The second kappa shape index (κ2) is 13.1.